The summed E-state index contributed by atoms with van der Waals surface area (Å²) in [5.74, 6) is 3.67. The van der Waals surface area contributed by atoms with E-state index in [0.29, 0.717) is 17.0 Å². The molecule has 4 N–H and O–H groups in total. The van der Waals surface area contributed by atoms with E-state index in [0.717, 1.165) is 24.3 Å². The van der Waals surface area contributed by atoms with Crippen LogP contribution < -0.4 is 20.5 Å². The van der Waals surface area contributed by atoms with E-state index in [2.05, 4.69) is 11.4 Å². The first kappa shape index (κ1) is 16.7. The third-order valence-electron chi connectivity index (χ3n) is 6.45. The van der Waals surface area contributed by atoms with E-state index in [4.69, 9.17) is 15.2 Å². The highest BCUT2D eigenvalue weighted by Gasteiger charge is 2.53. The lowest BCUT2D eigenvalue weighted by atomic mass is 9.53. The molecule has 4 saturated carbocycles. The third-order valence-corrected chi connectivity index (χ3v) is 6.45. The fourth-order valence-corrected chi connectivity index (χ4v) is 5.87. The zero-order valence-electron chi connectivity index (χ0n) is 15.0. The minimum absolute atomic E-state index is 0.130. The summed E-state index contributed by atoms with van der Waals surface area (Å²) in [6.45, 7) is 0.841. The number of ether oxygens (including phenoxy) is 2. The second-order valence-corrected chi connectivity index (χ2v) is 8.43. The van der Waals surface area contributed by atoms with Crippen LogP contribution in [0.4, 0.5) is 0 Å². The molecule has 1 aromatic carbocycles. The summed E-state index contributed by atoms with van der Waals surface area (Å²) in [4.78, 5) is 10.9. The predicted octanol–water partition coefficient (Wildman–Crippen LogP) is 1.59. The number of quaternary nitrogens is 1. The zero-order valence-corrected chi connectivity index (χ0v) is 15.0. The van der Waals surface area contributed by atoms with E-state index >= 15 is 0 Å². The van der Waals surface area contributed by atoms with Gasteiger partial charge in [0.25, 0.3) is 5.91 Å². The van der Waals surface area contributed by atoms with Crippen molar-refractivity contribution in [2.45, 2.75) is 50.6 Å². The largest absolute Gasteiger partial charge is 0.493 e. The van der Waals surface area contributed by atoms with E-state index in [1.54, 1.807) is 7.11 Å². The Balaban J connectivity index is 1.42. The molecular weight excluding hydrogens is 316 g/mol. The summed E-state index contributed by atoms with van der Waals surface area (Å²) >= 11 is 0. The summed E-state index contributed by atoms with van der Waals surface area (Å²) in [6.07, 6.45) is 8.63. The number of hydrogen-bond donors (Lipinski definition) is 2. The standard InChI is InChI=1S/C20H28N2O3/c1-24-18-7-13(2-3-17(18)25-12-19(21)23)11-22-20-8-14-4-15(9-20)6-16(5-14)10-20/h2-3,7,14-16,22H,4-6,8-12H2,1H3,(H2,21,23)/p+1. The average molecular weight is 345 g/mol. The first-order chi connectivity index (χ1) is 12.0. The molecule has 0 heterocycles. The van der Waals surface area contributed by atoms with Crippen LogP contribution in [0.2, 0.25) is 0 Å². The van der Waals surface area contributed by atoms with Gasteiger partial charge >= 0.3 is 0 Å². The van der Waals surface area contributed by atoms with E-state index in [-0.39, 0.29) is 6.61 Å². The molecule has 136 valence electrons. The van der Waals surface area contributed by atoms with Crippen LogP contribution in [0.1, 0.15) is 44.1 Å². The molecule has 0 aliphatic heterocycles. The second kappa shape index (κ2) is 6.52. The Hall–Kier alpha value is -1.75. The monoisotopic (exact) mass is 345 g/mol. The van der Waals surface area contributed by atoms with Gasteiger partial charge in [-0.25, -0.2) is 0 Å². The molecule has 4 fully saturated rings. The Morgan fingerprint density at radius 1 is 1.16 bits per heavy atom. The second-order valence-electron chi connectivity index (χ2n) is 8.43. The van der Waals surface area contributed by atoms with Gasteiger partial charge in [0.15, 0.2) is 18.1 Å². The number of hydrogen-bond acceptors (Lipinski definition) is 3. The highest BCUT2D eigenvalue weighted by atomic mass is 16.5. The van der Waals surface area contributed by atoms with Crippen LogP contribution >= 0.6 is 0 Å². The van der Waals surface area contributed by atoms with Gasteiger partial charge in [-0.05, 0) is 55.2 Å². The number of nitrogens with two attached hydrogens (primary N) is 2. The number of benzene rings is 1. The maximum absolute atomic E-state index is 10.9. The van der Waals surface area contributed by atoms with Gasteiger partial charge < -0.3 is 20.5 Å². The molecular formula is C20H29N2O3+. The molecule has 4 aliphatic rings. The van der Waals surface area contributed by atoms with Gasteiger partial charge in [-0.1, -0.05) is 0 Å². The molecule has 0 saturated heterocycles. The van der Waals surface area contributed by atoms with Crippen molar-refractivity contribution in [2.24, 2.45) is 23.5 Å². The molecule has 0 spiro atoms. The Kier molecular flexibility index (Phi) is 4.36. The van der Waals surface area contributed by atoms with Crippen molar-refractivity contribution >= 4 is 5.91 Å². The third kappa shape index (κ3) is 3.47. The molecule has 0 unspecified atom stereocenters. The van der Waals surface area contributed by atoms with Gasteiger partial charge in [-0.15, -0.1) is 0 Å². The van der Waals surface area contributed by atoms with E-state index < -0.39 is 5.91 Å². The summed E-state index contributed by atoms with van der Waals surface area (Å²) in [5, 5.41) is 2.59. The van der Waals surface area contributed by atoms with Crippen molar-refractivity contribution in [1.82, 2.24) is 0 Å². The first-order valence-electron chi connectivity index (χ1n) is 9.47. The van der Waals surface area contributed by atoms with Gasteiger partial charge in [0.2, 0.25) is 0 Å². The molecule has 0 aromatic heterocycles. The number of methoxy groups -OCH3 is 1. The molecule has 1 aromatic rings. The molecule has 4 bridgehead atoms. The Morgan fingerprint density at radius 2 is 1.80 bits per heavy atom. The number of carbonyl (C=O) groups is 1. The average Bonchev–Trinajstić information content (AvgIpc) is 2.57. The lowest BCUT2D eigenvalue weighted by Gasteiger charge is -2.54. The van der Waals surface area contributed by atoms with Gasteiger partial charge in [0.05, 0.1) is 12.6 Å². The summed E-state index contributed by atoms with van der Waals surface area (Å²) in [7, 11) is 1.62. The van der Waals surface area contributed by atoms with Crippen LogP contribution in [-0.2, 0) is 11.3 Å². The van der Waals surface area contributed by atoms with Crippen molar-refractivity contribution in [3.63, 3.8) is 0 Å². The highest BCUT2D eigenvalue weighted by Crippen LogP contribution is 2.54. The number of rotatable bonds is 7. The van der Waals surface area contributed by atoms with Gasteiger partial charge in [-0.3, -0.25) is 4.79 Å². The molecule has 5 rings (SSSR count). The van der Waals surface area contributed by atoms with Crippen molar-refractivity contribution in [3.8, 4) is 11.5 Å². The van der Waals surface area contributed by atoms with Crippen molar-refractivity contribution < 1.29 is 19.6 Å². The van der Waals surface area contributed by atoms with Crippen LogP contribution in [0.15, 0.2) is 18.2 Å². The Labute approximate surface area is 149 Å². The SMILES string of the molecule is COc1cc(C[NH2+]C23CC4CC(CC(C4)C2)C3)ccc1OCC(N)=O. The summed E-state index contributed by atoms with van der Waals surface area (Å²) in [6, 6.07) is 5.97. The number of amides is 1. The molecule has 25 heavy (non-hydrogen) atoms. The van der Waals surface area contributed by atoms with Crippen molar-refractivity contribution in [3.05, 3.63) is 23.8 Å². The maximum Gasteiger partial charge on any atom is 0.255 e. The van der Waals surface area contributed by atoms with Crippen molar-refractivity contribution in [1.29, 1.82) is 0 Å². The summed E-state index contributed by atoms with van der Waals surface area (Å²) in [5.41, 5.74) is 6.85. The minimum atomic E-state index is -0.485. The lowest BCUT2D eigenvalue weighted by Crippen LogP contribution is -2.97. The van der Waals surface area contributed by atoms with Gasteiger partial charge in [0, 0.05) is 24.8 Å². The van der Waals surface area contributed by atoms with Crippen LogP contribution in [0, 0.1) is 17.8 Å². The van der Waals surface area contributed by atoms with Gasteiger partial charge in [0.1, 0.15) is 6.54 Å². The smallest absolute Gasteiger partial charge is 0.255 e. The quantitative estimate of drug-likeness (QED) is 0.788. The normalized spacial score (nSPS) is 32.6. The van der Waals surface area contributed by atoms with E-state index in [9.17, 15) is 4.79 Å². The number of primary amides is 1. The molecule has 5 heteroatoms. The molecule has 5 nitrogen and oxygen atoms in total. The molecule has 0 atom stereocenters. The predicted molar refractivity (Wildman–Crippen MR) is 94.2 cm³/mol. The fraction of sp³-hybridized carbons (Fsp3) is 0.650. The van der Waals surface area contributed by atoms with Crippen LogP contribution in [0.3, 0.4) is 0 Å². The minimum Gasteiger partial charge on any atom is -0.493 e. The topological polar surface area (TPSA) is 78.2 Å². The van der Waals surface area contributed by atoms with Crippen LogP contribution in [-0.4, -0.2) is 25.2 Å². The Bertz CT molecular complexity index is 623. The Morgan fingerprint density at radius 3 is 2.36 bits per heavy atom. The fourth-order valence-electron chi connectivity index (χ4n) is 5.87. The maximum atomic E-state index is 10.9. The highest BCUT2D eigenvalue weighted by molar-refractivity contribution is 5.75. The molecule has 1 amide bonds. The van der Waals surface area contributed by atoms with Crippen LogP contribution in [0.25, 0.3) is 0 Å². The molecule has 4 aliphatic carbocycles. The first-order valence-corrected chi connectivity index (χ1v) is 9.47. The summed E-state index contributed by atoms with van der Waals surface area (Å²) < 4.78 is 10.8. The van der Waals surface area contributed by atoms with E-state index in [1.807, 2.05) is 12.1 Å². The van der Waals surface area contributed by atoms with Crippen LogP contribution in [0.5, 0.6) is 11.5 Å². The van der Waals surface area contributed by atoms with E-state index in [1.165, 1.54) is 44.1 Å². The lowest BCUT2D eigenvalue weighted by molar-refractivity contribution is -0.752. The van der Waals surface area contributed by atoms with Crippen molar-refractivity contribution in [2.75, 3.05) is 13.7 Å². The van der Waals surface area contributed by atoms with Gasteiger partial charge in [-0.2, -0.15) is 0 Å². The molecule has 0 radical (unpaired) electrons. The zero-order chi connectivity index (χ0) is 17.4. The number of carbonyl (C=O) groups excluding carboxylic acids is 1.